The minimum atomic E-state index is -4.07. The van der Waals surface area contributed by atoms with E-state index in [9.17, 15) is 17.8 Å². The van der Waals surface area contributed by atoms with Gasteiger partial charge in [0.05, 0.1) is 17.5 Å². The Morgan fingerprint density at radius 3 is 2.75 bits per heavy atom. The van der Waals surface area contributed by atoms with Crippen LogP contribution in [0.2, 0.25) is 5.02 Å². The van der Waals surface area contributed by atoms with Gasteiger partial charge >= 0.3 is 5.89 Å². The lowest BCUT2D eigenvalue weighted by Crippen LogP contribution is -2.36. The number of halogens is 1. The maximum Gasteiger partial charge on any atom is 0.374 e. The van der Waals surface area contributed by atoms with Crippen LogP contribution in [-0.4, -0.2) is 48.7 Å². The molecule has 3 aromatic rings. The summed E-state index contributed by atoms with van der Waals surface area (Å²) in [4.78, 5) is 16.0. The van der Waals surface area contributed by atoms with Gasteiger partial charge in [0.15, 0.2) is 12.3 Å². The molecule has 212 valence electrons. The van der Waals surface area contributed by atoms with Crippen molar-refractivity contribution in [1.29, 1.82) is 0 Å². The lowest BCUT2D eigenvalue weighted by molar-refractivity contribution is -0.678. The van der Waals surface area contributed by atoms with Gasteiger partial charge in [-0.2, -0.15) is 13.0 Å². The topological polar surface area (TPSA) is 104 Å². The number of anilines is 1. The third kappa shape index (κ3) is 6.19. The van der Waals surface area contributed by atoms with Crippen LogP contribution in [0.25, 0.3) is 17.2 Å². The Morgan fingerprint density at radius 1 is 1.20 bits per heavy atom. The lowest BCUT2D eigenvalue weighted by Gasteiger charge is -2.18. The van der Waals surface area contributed by atoms with Gasteiger partial charge in [0.1, 0.15) is 6.04 Å². The molecule has 1 atom stereocenters. The number of allylic oxidation sites excluding steroid dienone is 2. The molecule has 2 aliphatic rings. The minimum Gasteiger partial charge on any atom is -0.439 e. The van der Waals surface area contributed by atoms with Gasteiger partial charge in [-0.05, 0) is 62.1 Å². The normalized spacial score (nSPS) is 18.1. The molecule has 1 amide bonds. The Morgan fingerprint density at radius 2 is 2.00 bits per heavy atom. The SMILES string of the molecule is CCCN1C(=O)C1CC[n+]1c(C=C(C)C=C2Oc3ccc(C)cc3N2CCCS(=O)(=O)O)oc2ccc(Cl)cc21. The average Bonchev–Trinajstić information content (AvgIpc) is 3.18. The number of oxazole rings is 1. The molecule has 40 heavy (non-hydrogen) atoms. The van der Waals surface area contributed by atoms with E-state index in [1.165, 1.54) is 0 Å². The Bertz CT molecular complexity index is 1630. The molecular weight excluding hydrogens is 554 g/mol. The van der Waals surface area contributed by atoms with Crippen LogP contribution < -0.4 is 14.2 Å². The summed E-state index contributed by atoms with van der Waals surface area (Å²) in [7, 11) is -4.07. The zero-order chi connectivity index (χ0) is 28.6. The highest BCUT2D eigenvalue weighted by atomic mass is 35.5. The summed E-state index contributed by atoms with van der Waals surface area (Å²) < 4.78 is 46.2. The number of fused-ring (bicyclic) bond motifs is 2. The second-order valence-electron chi connectivity index (χ2n) is 10.3. The number of nitrogens with zero attached hydrogens (tertiary/aromatic N) is 3. The van der Waals surface area contributed by atoms with Crippen molar-refractivity contribution in [3.63, 3.8) is 0 Å². The summed E-state index contributed by atoms with van der Waals surface area (Å²) in [5, 5.41) is 0.597. The lowest BCUT2D eigenvalue weighted by atomic mass is 10.2. The second kappa shape index (κ2) is 11.3. The third-order valence-electron chi connectivity index (χ3n) is 7.03. The fourth-order valence-electron chi connectivity index (χ4n) is 5.09. The summed E-state index contributed by atoms with van der Waals surface area (Å²) >= 11 is 6.31. The highest BCUT2D eigenvalue weighted by Crippen LogP contribution is 2.40. The smallest absolute Gasteiger partial charge is 0.374 e. The van der Waals surface area contributed by atoms with Crippen molar-refractivity contribution in [2.45, 2.75) is 52.6 Å². The van der Waals surface area contributed by atoms with Crippen LogP contribution in [0.15, 0.2) is 58.3 Å². The first-order chi connectivity index (χ1) is 19.0. The molecule has 0 bridgehead atoms. The minimum absolute atomic E-state index is 0.0678. The van der Waals surface area contributed by atoms with Crippen molar-refractivity contribution < 1.29 is 31.5 Å². The van der Waals surface area contributed by atoms with Gasteiger partial charge in [-0.3, -0.25) is 9.35 Å². The van der Waals surface area contributed by atoms with Gasteiger partial charge < -0.3 is 19.0 Å². The molecule has 5 rings (SSSR count). The molecule has 1 aromatic heterocycles. The van der Waals surface area contributed by atoms with Crippen molar-refractivity contribution in [3.8, 4) is 5.75 Å². The van der Waals surface area contributed by atoms with Crippen molar-refractivity contribution >= 4 is 50.5 Å². The number of ether oxygens (including phenoxy) is 1. The maximum atomic E-state index is 12.2. The van der Waals surface area contributed by atoms with E-state index in [0.29, 0.717) is 47.6 Å². The average molecular weight is 587 g/mol. The first-order valence-corrected chi connectivity index (χ1v) is 15.4. The van der Waals surface area contributed by atoms with Gasteiger partial charge in [-0.1, -0.05) is 24.6 Å². The molecule has 0 saturated carbocycles. The molecule has 0 radical (unpaired) electrons. The van der Waals surface area contributed by atoms with E-state index < -0.39 is 10.1 Å². The molecule has 1 saturated heterocycles. The predicted octanol–water partition coefficient (Wildman–Crippen LogP) is 5.11. The molecule has 11 heteroatoms. The number of carbonyl (C=O) groups excluding carboxylic acids is 1. The Hall–Kier alpha value is -3.34. The van der Waals surface area contributed by atoms with E-state index in [1.807, 2.05) is 70.7 Å². The zero-order valence-electron chi connectivity index (χ0n) is 22.8. The molecule has 1 unspecified atom stereocenters. The fraction of sp³-hybridized carbons (Fsp3) is 0.379. The first-order valence-electron chi connectivity index (χ1n) is 13.4. The summed E-state index contributed by atoms with van der Waals surface area (Å²) in [5.74, 6) is 1.69. The second-order valence-corrected chi connectivity index (χ2v) is 12.3. The number of benzene rings is 2. The molecule has 3 heterocycles. The number of rotatable bonds is 11. The van der Waals surface area contributed by atoms with Crippen LogP contribution in [0.1, 0.15) is 44.6 Å². The quantitative estimate of drug-likeness (QED) is 0.189. The number of aryl methyl sites for hydroxylation is 2. The van der Waals surface area contributed by atoms with Crippen molar-refractivity contribution in [2.24, 2.45) is 0 Å². The van der Waals surface area contributed by atoms with Crippen LogP contribution in [0.3, 0.4) is 0 Å². The number of hydrogen-bond acceptors (Lipinski definition) is 6. The fourth-order valence-corrected chi connectivity index (χ4v) is 5.75. The van der Waals surface area contributed by atoms with Gasteiger partial charge in [0.2, 0.25) is 17.4 Å². The van der Waals surface area contributed by atoms with Crippen LogP contribution in [0.5, 0.6) is 5.75 Å². The number of carbonyl (C=O) groups is 1. The molecular formula is C29H33ClN3O6S+. The Labute approximate surface area is 239 Å². The highest BCUT2D eigenvalue weighted by molar-refractivity contribution is 7.85. The van der Waals surface area contributed by atoms with E-state index in [-0.39, 0.29) is 24.1 Å². The summed E-state index contributed by atoms with van der Waals surface area (Å²) in [6.07, 6.45) is 5.62. The zero-order valence-corrected chi connectivity index (χ0v) is 24.3. The van der Waals surface area contributed by atoms with Gasteiger partial charge in [0, 0.05) is 36.7 Å². The standard InChI is InChI=1S/C29H32ClN3O6S/c1-4-11-33-22(29(33)34)10-13-32-24-18-21(30)7-9-26(24)39-28(32)17-20(3)16-27-31(12-5-14-40(35,36)37)23-15-19(2)6-8-25(23)38-27/h6-9,15-18,22H,4-5,10-14H2,1-3H3/p+1. The monoisotopic (exact) mass is 586 g/mol. The predicted molar refractivity (Wildman–Crippen MR) is 154 cm³/mol. The van der Waals surface area contributed by atoms with E-state index in [2.05, 4.69) is 6.92 Å². The molecule has 1 N–H and O–H groups in total. The van der Waals surface area contributed by atoms with Crippen LogP contribution in [-0.2, 0) is 21.5 Å². The molecule has 0 aliphatic carbocycles. The molecule has 9 nitrogen and oxygen atoms in total. The molecule has 2 aromatic carbocycles. The van der Waals surface area contributed by atoms with Crippen LogP contribution >= 0.6 is 11.6 Å². The molecule has 1 fully saturated rings. The maximum absolute atomic E-state index is 12.2. The third-order valence-corrected chi connectivity index (χ3v) is 8.07. The van der Waals surface area contributed by atoms with Crippen LogP contribution in [0.4, 0.5) is 5.69 Å². The summed E-state index contributed by atoms with van der Waals surface area (Å²) in [6, 6.07) is 11.2. The largest absolute Gasteiger partial charge is 0.439 e. The number of aromatic nitrogens is 1. The van der Waals surface area contributed by atoms with Crippen molar-refractivity contribution in [3.05, 3.63) is 70.4 Å². The molecule has 0 spiro atoms. The molecule has 2 aliphatic heterocycles. The van der Waals surface area contributed by atoms with E-state index in [1.54, 1.807) is 6.07 Å². The number of hydrogen-bond donors (Lipinski definition) is 1. The first kappa shape index (κ1) is 28.2. The van der Waals surface area contributed by atoms with Crippen molar-refractivity contribution in [2.75, 3.05) is 23.7 Å². The van der Waals surface area contributed by atoms with Crippen LogP contribution in [0, 0.1) is 6.92 Å². The van der Waals surface area contributed by atoms with Gasteiger partial charge in [-0.25, -0.2) is 0 Å². The summed E-state index contributed by atoms with van der Waals surface area (Å²) in [5.41, 5.74) is 4.27. The van der Waals surface area contributed by atoms with E-state index in [4.69, 9.17) is 20.8 Å². The number of amides is 1. The van der Waals surface area contributed by atoms with Crippen molar-refractivity contribution in [1.82, 2.24) is 4.90 Å². The Kier molecular flexibility index (Phi) is 7.94. The summed E-state index contributed by atoms with van der Waals surface area (Å²) in [6.45, 7) is 7.68. The van der Waals surface area contributed by atoms with E-state index in [0.717, 1.165) is 35.3 Å². The van der Waals surface area contributed by atoms with Gasteiger partial charge in [0.25, 0.3) is 15.6 Å². The highest BCUT2D eigenvalue weighted by Gasteiger charge is 2.45. The van der Waals surface area contributed by atoms with E-state index >= 15 is 0 Å². The van der Waals surface area contributed by atoms with Gasteiger partial charge in [-0.15, -0.1) is 0 Å². The Balaban J connectivity index is 1.44.